The Kier molecular flexibility index (Phi) is 8.88. The largest absolute Gasteiger partial charge is 0.461 e. The highest BCUT2D eigenvalue weighted by Gasteiger charge is 2.34. The molecule has 0 saturated heterocycles. The first-order valence-electron chi connectivity index (χ1n) is 13.2. The van der Waals surface area contributed by atoms with E-state index in [1.807, 2.05) is 48.5 Å². The predicted molar refractivity (Wildman–Crippen MR) is 145 cm³/mol. The van der Waals surface area contributed by atoms with Crippen molar-refractivity contribution < 1.29 is 50.5 Å². The molecule has 0 spiro atoms. The summed E-state index contributed by atoms with van der Waals surface area (Å²) in [4.78, 5) is 38.3. The molecule has 0 radical (unpaired) electrons. The molecule has 4 aromatic rings. The summed E-state index contributed by atoms with van der Waals surface area (Å²) in [5.74, 6) is -17.0. The van der Waals surface area contributed by atoms with Crippen LogP contribution in [0, 0.1) is 29.1 Å². The van der Waals surface area contributed by atoms with Crippen molar-refractivity contribution in [3.05, 3.63) is 125 Å². The van der Waals surface area contributed by atoms with Crippen molar-refractivity contribution in [2.24, 2.45) is 0 Å². The van der Waals surface area contributed by atoms with E-state index in [0.717, 1.165) is 22.3 Å². The maximum atomic E-state index is 14.2. The van der Waals surface area contributed by atoms with E-state index in [0.29, 0.717) is 5.56 Å². The first-order valence-corrected chi connectivity index (χ1v) is 13.2. The second kappa shape index (κ2) is 12.9. The number of esters is 2. The smallest absolute Gasteiger partial charge is 0.407 e. The minimum atomic E-state index is -2.46. The van der Waals surface area contributed by atoms with E-state index >= 15 is 0 Å². The molecule has 44 heavy (non-hydrogen) atoms. The lowest BCUT2D eigenvalue weighted by molar-refractivity contribution is -0.149. The SMILES string of the molecule is O=C(C[C@@H](NC(=O)OCC1c2ccccc2-c2ccccc21)C(=O)Oc1c(F)c(F)c(F)c(F)c1F)OCc1ccccc1. The van der Waals surface area contributed by atoms with Crippen LogP contribution in [0.15, 0.2) is 78.9 Å². The van der Waals surface area contributed by atoms with Crippen LogP contribution in [0.4, 0.5) is 26.7 Å². The molecule has 7 nitrogen and oxygen atoms in total. The van der Waals surface area contributed by atoms with Crippen molar-refractivity contribution in [2.75, 3.05) is 6.61 Å². The first kappa shape index (κ1) is 30.2. The van der Waals surface area contributed by atoms with E-state index in [2.05, 4.69) is 10.1 Å². The minimum absolute atomic E-state index is 0.197. The van der Waals surface area contributed by atoms with Gasteiger partial charge < -0.3 is 19.5 Å². The van der Waals surface area contributed by atoms with E-state index in [-0.39, 0.29) is 19.1 Å². The molecule has 1 aliphatic carbocycles. The molecule has 0 aliphatic heterocycles. The van der Waals surface area contributed by atoms with Gasteiger partial charge in [0.05, 0.1) is 6.42 Å². The second-order valence-electron chi connectivity index (χ2n) is 9.69. The molecule has 1 aliphatic rings. The average molecular weight is 612 g/mol. The van der Waals surface area contributed by atoms with Crippen molar-refractivity contribution >= 4 is 18.0 Å². The summed E-state index contributed by atoms with van der Waals surface area (Å²) in [5.41, 5.74) is 4.25. The summed E-state index contributed by atoms with van der Waals surface area (Å²) < 4.78 is 84.1. The number of carbonyl (C=O) groups is 3. The quantitative estimate of drug-likeness (QED) is 0.0783. The Labute approximate surface area is 247 Å². The zero-order valence-electron chi connectivity index (χ0n) is 22.6. The first-order chi connectivity index (χ1) is 21.2. The third-order valence-electron chi connectivity index (χ3n) is 6.91. The summed E-state index contributed by atoms with van der Waals surface area (Å²) >= 11 is 0. The summed E-state index contributed by atoms with van der Waals surface area (Å²) in [7, 11) is 0. The number of fused-ring (bicyclic) bond motifs is 3. The van der Waals surface area contributed by atoms with Crippen molar-refractivity contribution in [3.63, 3.8) is 0 Å². The van der Waals surface area contributed by atoms with Crippen LogP contribution in [0.5, 0.6) is 5.75 Å². The van der Waals surface area contributed by atoms with Crippen molar-refractivity contribution in [2.45, 2.75) is 25.0 Å². The van der Waals surface area contributed by atoms with Gasteiger partial charge in [-0.2, -0.15) is 8.78 Å². The Hall–Kier alpha value is -5.26. The van der Waals surface area contributed by atoms with E-state index in [4.69, 9.17) is 9.47 Å². The lowest BCUT2D eigenvalue weighted by Crippen LogP contribution is -2.45. The van der Waals surface area contributed by atoms with Crippen molar-refractivity contribution in [3.8, 4) is 16.9 Å². The van der Waals surface area contributed by atoms with Gasteiger partial charge in [0, 0.05) is 5.92 Å². The number of ether oxygens (including phenoxy) is 3. The maximum absolute atomic E-state index is 14.2. The van der Waals surface area contributed by atoms with Gasteiger partial charge in [-0.1, -0.05) is 78.9 Å². The van der Waals surface area contributed by atoms with Crippen LogP contribution in [0.25, 0.3) is 11.1 Å². The second-order valence-corrected chi connectivity index (χ2v) is 9.69. The fourth-order valence-corrected chi connectivity index (χ4v) is 4.79. The van der Waals surface area contributed by atoms with Crippen LogP contribution in [-0.4, -0.2) is 30.7 Å². The fraction of sp³-hybridized carbons (Fsp3) is 0.156. The monoisotopic (exact) mass is 611 g/mol. The number of hydrogen-bond acceptors (Lipinski definition) is 6. The van der Waals surface area contributed by atoms with E-state index < -0.39 is 65.3 Å². The molecule has 12 heteroatoms. The number of rotatable bonds is 9. The molecular formula is C32H22F5NO6. The molecular weight excluding hydrogens is 589 g/mol. The molecule has 4 aromatic carbocycles. The summed E-state index contributed by atoms with van der Waals surface area (Å²) in [5, 5.41) is 2.07. The lowest BCUT2D eigenvalue weighted by atomic mass is 9.98. The van der Waals surface area contributed by atoms with Gasteiger partial charge in [-0.15, -0.1) is 0 Å². The van der Waals surface area contributed by atoms with E-state index in [1.54, 1.807) is 30.3 Å². The van der Waals surface area contributed by atoms with Gasteiger partial charge in [0.25, 0.3) is 0 Å². The van der Waals surface area contributed by atoms with Gasteiger partial charge >= 0.3 is 18.0 Å². The van der Waals surface area contributed by atoms with Crippen LogP contribution >= 0.6 is 0 Å². The standard InChI is InChI=1S/C32H22F5NO6/c33-25-26(34)28(36)30(29(37)27(25)35)44-31(40)23(14-24(39)42-15-17-8-2-1-3-9-17)38-32(41)43-16-22-20-12-6-4-10-18(20)19-11-5-7-13-21(19)22/h1-13,22-23H,14-16H2,(H,38,41)/t23-/m1/s1. The average Bonchev–Trinajstić information content (AvgIpc) is 3.36. The molecule has 0 unspecified atom stereocenters. The molecule has 226 valence electrons. The molecule has 0 aromatic heterocycles. The van der Waals surface area contributed by atoms with Gasteiger partial charge in [0.2, 0.25) is 34.8 Å². The predicted octanol–water partition coefficient (Wildman–Crippen LogP) is 6.33. The number of halogens is 5. The van der Waals surface area contributed by atoms with Gasteiger partial charge in [-0.3, -0.25) is 4.79 Å². The van der Waals surface area contributed by atoms with Crippen LogP contribution < -0.4 is 10.1 Å². The van der Waals surface area contributed by atoms with Gasteiger partial charge in [-0.05, 0) is 27.8 Å². The highest BCUT2D eigenvalue weighted by atomic mass is 19.2. The fourth-order valence-electron chi connectivity index (χ4n) is 4.79. The number of nitrogens with one attached hydrogen (secondary N) is 1. The number of amides is 1. The van der Waals surface area contributed by atoms with Gasteiger partial charge in [0.1, 0.15) is 19.3 Å². The molecule has 1 N–H and O–H groups in total. The number of benzene rings is 4. The molecule has 5 rings (SSSR count). The Morgan fingerprint density at radius 3 is 1.80 bits per heavy atom. The van der Waals surface area contributed by atoms with Crippen LogP contribution in [0.3, 0.4) is 0 Å². The highest BCUT2D eigenvalue weighted by Crippen LogP contribution is 2.44. The van der Waals surface area contributed by atoms with Crippen LogP contribution in [-0.2, 0) is 25.7 Å². The summed E-state index contributed by atoms with van der Waals surface area (Å²) in [6, 6.07) is 21.4. The molecule has 0 bridgehead atoms. The van der Waals surface area contributed by atoms with Crippen LogP contribution in [0.1, 0.15) is 29.0 Å². The number of alkyl carbamates (subject to hydrolysis) is 1. The van der Waals surface area contributed by atoms with E-state index in [1.165, 1.54) is 0 Å². The molecule has 1 atom stereocenters. The molecule has 0 heterocycles. The Morgan fingerprint density at radius 2 is 1.20 bits per heavy atom. The van der Waals surface area contributed by atoms with Crippen LogP contribution in [0.2, 0.25) is 0 Å². The summed E-state index contributed by atoms with van der Waals surface area (Å²) in [6.45, 7) is -0.415. The zero-order chi connectivity index (χ0) is 31.4. The Morgan fingerprint density at radius 1 is 0.682 bits per heavy atom. The lowest BCUT2D eigenvalue weighted by Gasteiger charge is -2.19. The normalized spacial score (nSPS) is 12.6. The van der Waals surface area contributed by atoms with Crippen molar-refractivity contribution in [1.29, 1.82) is 0 Å². The topological polar surface area (TPSA) is 90.9 Å². The number of carbonyl (C=O) groups excluding carboxylic acids is 3. The summed E-state index contributed by atoms with van der Waals surface area (Å²) in [6.07, 6.45) is -2.15. The van der Waals surface area contributed by atoms with Gasteiger partial charge in [0.15, 0.2) is 0 Å². The molecule has 0 fully saturated rings. The third kappa shape index (κ3) is 6.24. The maximum Gasteiger partial charge on any atom is 0.407 e. The Balaban J connectivity index is 1.32. The molecule has 0 saturated carbocycles. The zero-order valence-corrected chi connectivity index (χ0v) is 22.6. The molecule has 1 amide bonds. The van der Waals surface area contributed by atoms with E-state index in [9.17, 15) is 36.3 Å². The highest BCUT2D eigenvalue weighted by molar-refractivity contribution is 5.87. The third-order valence-corrected chi connectivity index (χ3v) is 6.91. The number of hydrogen-bond donors (Lipinski definition) is 1. The van der Waals surface area contributed by atoms with Crippen molar-refractivity contribution in [1.82, 2.24) is 5.32 Å². The Bertz CT molecular complexity index is 1660. The minimum Gasteiger partial charge on any atom is -0.461 e. The van der Waals surface area contributed by atoms with Gasteiger partial charge in [-0.25, -0.2) is 22.8 Å².